The first-order valence-corrected chi connectivity index (χ1v) is 7.37. The van der Waals surface area contributed by atoms with Crippen LogP contribution in [0, 0.1) is 132 Å². The van der Waals surface area contributed by atoms with Crippen molar-refractivity contribution in [2.75, 3.05) is 6.61 Å². The number of hydrogen-bond donors (Lipinski definition) is 3. The number of aromatic nitrogens is 1. The van der Waals surface area contributed by atoms with E-state index in [1.807, 2.05) is 29.0 Å². The summed E-state index contributed by atoms with van der Waals surface area (Å²) in [6, 6.07) is 7.96. The number of nitrogens with zero attached hydrogens (tertiary/aromatic N) is 1. The van der Waals surface area contributed by atoms with Gasteiger partial charge in [0.05, 0.1) is 12.1 Å². The molecule has 123 valence electrons. The molecule has 0 saturated carbocycles. The van der Waals surface area contributed by atoms with Gasteiger partial charge in [-0.1, -0.05) is 31.5 Å². The Bertz CT molecular complexity index is 637. The summed E-state index contributed by atoms with van der Waals surface area (Å²) in [5.74, 6) is 0. The van der Waals surface area contributed by atoms with Crippen molar-refractivity contribution in [3.8, 4) is 0 Å². The Morgan fingerprint density at radius 2 is 1.75 bits per heavy atom. The van der Waals surface area contributed by atoms with Crippen LogP contribution in [0.1, 0.15) is 25.1 Å². The maximum absolute atomic E-state index is 10.2. The van der Waals surface area contributed by atoms with E-state index in [4.69, 9.17) is 4.74 Å². The first-order chi connectivity index (χ1) is 10.1. The van der Waals surface area contributed by atoms with E-state index in [2.05, 4.69) is 13.0 Å². The summed E-state index contributed by atoms with van der Waals surface area (Å²) in [4.78, 5) is 0. The van der Waals surface area contributed by atoms with Crippen LogP contribution < -0.4 is 0 Å². The number of rotatable bonds is 3. The second kappa shape index (κ2) is 12.5. The minimum Gasteiger partial charge on any atom is -0.388 e. The molecular weight excluding hydrogens is 951 g/mol. The molecule has 24 heavy (non-hydrogen) atoms. The molecule has 1 aliphatic rings. The molecule has 3 rings (SSSR count). The second-order valence-corrected chi connectivity index (χ2v) is 5.60. The zero-order valence-corrected chi connectivity index (χ0v) is 28.0. The summed E-state index contributed by atoms with van der Waals surface area (Å²) >= 11 is 0. The van der Waals surface area contributed by atoms with Gasteiger partial charge in [-0.05, 0) is 18.1 Å². The third kappa shape index (κ3) is 5.72. The molecular formula is C16H21Ac3NO4. The number of hydrogen-bond acceptors (Lipinski definition) is 4. The molecule has 0 bridgehead atoms. The Morgan fingerprint density at radius 3 is 2.42 bits per heavy atom. The Morgan fingerprint density at radius 1 is 1.08 bits per heavy atom. The van der Waals surface area contributed by atoms with Crippen LogP contribution in [0.2, 0.25) is 0 Å². The molecule has 0 aliphatic carbocycles. The molecule has 3 N–H and O–H groups in total. The monoisotopic (exact) mass is 972 g/mol. The number of aryl methyl sites for hydroxylation is 1. The molecule has 2 heterocycles. The number of aliphatic hydroxyl groups is 3. The third-order valence-electron chi connectivity index (χ3n) is 4.09. The van der Waals surface area contributed by atoms with Crippen LogP contribution in [0.25, 0.3) is 10.9 Å². The van der Waals surface area contributed by atoms with Gasteiger partial charge in [-0.15, -0.1) is 0 Å². The summed E-state index contributed by atoms with van der Waals surface area (Å²) in [5, 5.41) is 30.8. The van der Waals surface area contributed by atoms with Gasteiger partial charge < -0.3 is 24.6 Å². The van der Waals surface area contributed by atoms with Crippen LogP contribution in [-0.4, -0.2) is 44.8 Å². The van der Waals surface area contributed by atoms with Gasteiger partial charge in [0.1, 0.15) is 18.3 Å². The fourth-order valence-electron chi connectivity index (χ4n) is 2.99. The van der Waals surface area contributed by atoms with E-state index in [1.54, 1.807) is 0 Å². The smallest absolute Gasteiger partial charge is 0.162 e. The molecule has 4 atom stereocenters. The van der Waals surface area contributed by atoms with E-state index in [0.29, 0.717) is 0 Å². The number of fused-ring (bicyclic) bond motifs is 1. The van der Waals surface area contributed by atoms with Crippen molar-refractivity contribution in [3.05, 3.63) is 36.0 Å². The summed E-state index contributed by atoms with van der Waals surface area (Å²) < 4.78 is 7.42. The van der Waals surface area contributed by atoms with Crippen LogP contribution in [0.4, 0.5) is 0 Å². The number of aliphatic hydroxyl groups excluding tert-OH is 3. The predicted molar refractivity (Wildman–Crippen MR) is 78.9 cm³/mol. The van der Waals surface area contributed by atoms with Crippen molar-refractivity contribution in [3.63, 3.8) is 0 Å². The topological polar surface area (TPSA) is 74.9 Å². The third-order valence-corrected chi connectivity index (χ3v) is 4.09. The van der Waals surface area contributed by atoms with E-state index < -0.39 is 24.5 Å². The summed E-state index contributed by atoms with van der Waals surface area (Å²) in [7, 11) is 0. The molecule has 2 aromatic rings. The van der Waals surface area contributed by atoms with Gasteiger partial charge in [-0.3, -0.25) is 0 Å². The van der Waals surface area contributed by atoms with E-state index >= 15 is 0 Å². The fourth-order valence-corrected chi connectivity index (χ4v) is 2.99. The molecule has 1 saturated heterocycles. The average Bonchev–Trinajstić information content (AvgIpc) is 2.85. The van der Waals surface area contributed by atoms with Crippen molar-refractivity contribution >= 4 is 10.9 Å². The fraction of sp³-hybridized carbons (Fsp3) is 0.500. The molecule has 1 aliphatic heterocycles. The Balaban J connectivity index is 0.00000176. The van der Waals surface area contributed by atoms with Crippen molar-refractivity contribution in [2.24, 2.45) is 0 Å². The largest absolute Gasteiger partial charge is 0.388 e. The predicted octanol–water partition coefficient (Wildman–Crippen LogP) is 1.21. The molecule has 1 aromatic heterocycles. The normalized spacial score (nSPS) is 26.2. The van der Waals surface area contributed by atoms with Gasteiger partial charge in [-0.25, -0.2) is 0 Å². The SMILES string of the molecule is CCCc1cn(C2OCC(O)C(O)C2O)c2ccccc12.[Ac].[Ac].[Ac]. The maximum atomic E-state index is 10.2. The Kier molecular flexibility index (Phi) is 14.0. The van der Waals surface area contributed by atoms with Gasteiger partial charge in [0.2, 0.25) is 0 Å². The van der Waals surface area contributed by atoms with Gasteiger partial charge in [-0.2, -0.15) is 0 Å². The van der Waals surface area contributed by atoms with E-state index in [-0.39, 0.29) is 139 Å². The van der Waals surface area contributed by atoms with Crippen molar-refractivity contribution in [2.45, 2.75) is 44.3 Å². The van der Waals surface area contributed by atoms with Gasteiger partial charge in [0.25, 0.3) is 0 Å². The summed E-state index contributed by atoms with van der Waals surface area (Å²) in [6.07, 6.45) is -0.122. The minimum absolute atomic E-state index is 0. The molecule has 0 amide bonds. The van der Waals surface area contributed by atoms with Gasteiger partial charge in [0, 0.05) is 144 Å². The van der Waals surface area contributed by atoms with Crippen molar-refractivity contribution in [1.82, 2.24) is 4.57 Å². The van der Waals surface area contributed by atoms with E-state index in [9.17, 15) is 15.3 Å². The summed E-state index contributed by atoms with van der Waals surface area (Å²) in [5.41, 5.74) is 2.16. The summed E-state index contributed by atoms with van der Waals surface area (Å²) in [6.45, 7) is 2.14. The molecule has 1 aromatic carbocycles. The van der Waals surface area contributed by atoms with E-state index in [1.165, 1.54) is 5.56 Å². The van der Waals surface area contributed by atoms with Crippen molar-refractivity contribution in [1.29, 1.82) is 0 Å². The average molecular weight is 972 g/mol. The molecule has 0 spiro atoms. The van der Waals surface area contributed by atoms with Crippen LogP contribution in [0.5, 0.6) is 0 Å². The molecule has 3 radical (unpaired) electrons. The van der Waals surface area contributed by atoms with Crippen LogP contribution in [-0.2, 0) is 11.2 Å². The molecule has 8 heteroatoms. The van der Waals surface area contributed by atoms with Gasteiger partial charge in [0.15, 0.2) is 6.23 Å². The second-order valence-electron chi connectivity index (χ2n) is 5.60. The zero-order valence-electron chi connectivity index (χ0n) is 13.7. The molecule has 5 nitrogen and oxygen atoms in total. The first kappa shape index (κ1) is 26.9. The first-order valence-electron chi connectivity index (χ1n) is 7.37. The number of ether oxygens (including phenoxy) is 1. The quantitative estimate of drug-likeness (QED) is 0.433. The Hall–Kier alpha value is 2.92. The maximum Gasteiger partial charge on any atom is 0.162 e. The van der Waals surface area contributed by atoms with Crippen molar-refractivity contribution < 1.29 is 152 Å². The standard InChI is InChI=1S/C16H21NO4.3Ac/c1-2-5-10-8-17(12-7-4-3-6-11(10)12)16-15(20)14(19)13(18)9-21-16;;;/h3-4,6-8,13-16,18-20H,2,5,9H2,1H3;;;. The molecule has 1 fully saturated rings. The number of para-hydroxylation sites is 1. The Labute approximate surface area is 249 Å². The van der Waals surface area contributed by atoms with Gasteiger partial charge >= 0.3 is 0 Å². The molecule has 4 unspecified atom stereocenters. The number of benzene rings is 1. The van der Waals surface area contributed by atoms with Crippen LogP contribution in [0.3, 0.4) is 0 Å². The van der Waals surface area contributed by atoms with Crippen LogP contribution >= 0.6 is 0 Å². The van der Waals surface area contributed by atoms with E-state index in [0.717, 1.165) is 23.7 Å². The zero-order chi connectivity index (χ0) is 15.0. The minimum atomic E-state index is -1.19. The van der Waals surface area contributed by atoms with Crippen LogP contribution in [0.15, 0.2) is 30.5 Å².